The predicted octanol–water partition coefficient (Wildman–Crippen LogP) is 0.308. The molecule has 0 bridgehead atoms. The number of piperidine rings is 1. The third kappa shape index (κ3) is 3.48. The topological polar surface area (TPSA) is 69.6 Å². The maximum atomic E-state index is 11.4. The van der Waals surface area contributed by atoms with Gasteiger partial charge in [0.25, 0.3) is 0 Å². The van der Waals surface area contributed by atoms with Gasteiger partial charge in [-0.15, -0.1) is 0 Å². The van der Waals surface area contributed by atoms with Crippen LogP contribution in [0.1, 0.15) is 26.7 Å². The van der Waals surface area contributed by atoms with Gasteiger partial charge in [0.15, 0.2) is 0 Å². The van der Waals surface area contributed by atoms with Crippen LogP contribution in [-0.2, 0) is 9.59 Å². The lowest BCUT2D eigenvalue weighted by Gasteiger charge is -2.35. The third-order valence-corrected chi connectivity index (χ3v) is 2.98. The summed E-state index contributed by atoms with van der Waals surface area (Å²) < 4.78 is 0. The molecule has 92 valence electrons. The molecule has 1 heterocycles. The molecule has 0 aromatic carbocycles. The molecule has 1 saturated heterocycles. The molecule has 5 nitrogen and oxygen atoms in total. The standard InChI is InChI=1S/C11H20N2O3/c1-3-12-10(14)7-13-5-4-8(2)6-9(13)11(15)16/h8-9H,3-7H2,1-2H3,(H,12,14)(H,15,16). The number of likely N-dealkylation sites (tertiary alicyclic amines) is 1. The molecule has 1 rings (SSSR count). The second-order valence-corrected chi connectivity index (χ2v) is 4.41. The van der Waals surface area contributed by atoms with Gasteiger partial charge < -0.3 is 10.4 Å². The summed E-state index contributed by atoms with van der Waals surface area (Å²) >= 11 is 0. The van der Waals surface area contributed by atoms with Gasteiger partial charge in [-0.05, 0) is 32.2 Å². The van der Waals surface area contributed by atoms with E-state index in [0.717, 1.165) is 6.42 Å². The number of likely N-dealkylation sites (N-methyl/N-ethyl adjacent to an activating group) is 1. The number of carbonyl (C=O) groups excluding carboxylic acids is 1. The Kier molecular flexibility index (Phi) is 4.73. The Morgan fingerprint density at radius 2 is 2.19 bits per heavy atom. The number of aliphatic carboxylic acids is 1. The fraction of sp³-hybridized carbons (Fsp3) is 0.818. The van der Waals surface area contributed by atoms with Crippen LogP contribution in [0.3, 0.4) is 0 Å². The van der Waals surface area contributed by atoms with Crippen LogP contribution in [0, 0.1) is 5.92 Å². The van der Waals surface area contributed by atoms with E-state index < -0.39 is 12.0 Å². The smallest absolute Gasteiger partial charge is 0.320 e. The Morgan fingerprint density at radius 3 is 2.75 bits per heavy atom. The summed E-state index contributed by atoms with van der Waals surface area (Å²) in [7, 11) is 0. The number of rotatable bonds is 4. The van der Waals surface area contributed by atoms with Gasteiger partial charge in [-0.25, -0.2) is 0 Å². The largest absolute Gasteiger partial charge is 0.480 e. The summed E-state index contributed by atoms with van der Waals surface area (Å²) in [5, 5.41) is 11.8. The quantitative estimate of drug-likeness (QED) is 0.726. The third-order valence-electron chi connectivity index (χ3n) is 2.98. The molecule has 0 aromatic heterocycles. The minimum Gasteiger partial charge on any atom is -0.480 e. The van der Waals surface area contributed by atoms with Crippen LogP contribution in [0.5, 0.6) is 0 Å². The van der Waals surface area contributed by atoms with Crippen LogP contribution in [0.2, 0.25) is 0 Å². The average Bonchev–Trinajstić information content (AvgIpc) is 2.20. The minimum atomic E-state index is -0.823. The summed E-state index contributed by atoms with van der Waals surface area (Å²) in [6.07, 6.45) is 1.60. The monoisotopic (exact) mass is 228 g/mol. The van der Waals surface area contributed by atoms with Gasteiger partial charge in [-0.3, -0.25) is 14.5 Å². The van der Waals surface area contributed by atoms with Crippen LogP contribution in [0.15, 0.2) is 0 Å². The number of nitrogens with one attached hydrogen (secondary N) is 1. The van der Waals surface area contributed by atoms with Crippen LogP contribution >= 0.6 is 0 Å². The maximum absolute atomic E-state index is 11.4. The lowest BCUT2D eigenvalue weighted by atomic mass is 9.92. The van der Waals surface area contributed by atoms with E-state index in [1.807, 2.05) is 6.92 Å². The molecule has 0 saturated carbocycles. The molecule has 0 aromatic rings. The Balaban J connectivity index is 2.55. The second-order valence-electron chi connectivity index (χ2n) is 4.41. The predicted molar refractivity (Wildman–Crippen MR) is 60.1 cm³/mol. The Labute approximate surface area is 95.8 Å². The van der Waals surface area contributed by atoms with E-state index in [1.165, 1.54) is 0 Å². The molecule has 1 aliphatic rings. The van der Waals surface area contributed by atoms with Gasteiger partial charge in [0.1, 0.15) is 6.04 Å². The highest BCUT2D eigenvalue weighted by molar-refractivity contribution is 5.80. The Morgan fingerprint density at radius 1 is 1.50 bits per heavy atom. The molecule has 1 amide bonds. The molecule has 0 radical (unpaired) electrons. The van der Waals surface area contributed by atoms with E-state index in [1.54, 1.807) is 4.90 Å². The van der Waals surface area contributed by atoms with Crippen molar-refractivity contribution >= 4 is 11.9 Å². The van der Waals surface area contributed by atoms with Crippen molar-refractivity contribution in [2.24, 2.45) is 5.92 Å². The molecule has 0 aliphatic carbocycles. The first kappa shape index (κ1) is 13.0. The van der Waals surface area contributed by atoms with Crippen LogP contribution in [-0.4, -0.2) is 47.6 Å². The fourth-order valence-corrected chi connectivity index (χ4v) is 2.07. The fourth-order valence-electron chi connectivity index (χ4n) is 2.07. The summed E-state index contributed by atoms with van der Waals surface area (Å²) in [5.41, 5.74) is 0. The molecule has 2 N–H and O–H groups in total. The first-order valence-electron chi connectivity index (χ1n) is 5.78. The highest BCUT2D eigenvalue weighted by atomic mass is 16.4. The van der Waals surface area contributed by atoms with E-state index in [2.05, 4.69) is 12.2 Å². The van der Waals surface area contributed by atoms with E-state index in [4.69, 9.17) is 5.11 Å². The first-order chi connectivity index (χ1) is 7.54. The normalized spacial score (nSPS) is 26.4. The maximum Gasteiger partial charge on any atom is 0.320 e. The summed E-state index contributed by atoms with van der Waals surface area (Å²) in [4.78, 5) is 24.2. The van der Waals surface area contributed by atoms with Gasteiger partial charge >= 0.3 is 5.97 Å². The SMILES string of the molecule is CCNC(=O)CN1CCC(C)CC1C(=O)O. The molecule has 2 atom stereocenters. The molecule has 5 heteroatoms. The molecule has 2 unspecified atom stereocenters. The van der Waals surface area contributed by atoms with Crippen LogP contribution in [0.25, 0.3) is 0 Å². The summed E-state index contributed by atoms with van der Waals surface area (Å²) in [6.45, 7) is 5.37. The minimum absolute atomic E-state index is 0.0942. The average molecular weight is 228 g/mol. The van der Waals surface area contributed by atoms with Crippen molar-refractivity contribution in [3.05, 3.63) is 0 Å². The van der Waals surface area contributed by atoms with E-state index >= 15 is 0 Å². The molecular formula is C11H20N2O3. The van der Waals surface area contributed by atoms with Crippen molar-refractivity contribution < 1.29 is 14.7 Å². The zero-order valence-corrected chi connectivity index (χ0v) is 9.90. The number of carboxylic acid groups (broad SMARTS) is 1. The van der Waals surface area contributed by atoms with Crippen molar-refractivity contribution in [2.45, 2.75) is 32.7 Å². The van der Waals surface area contributed by atoms with Gasteiger partial charge in [0.2, 0.25) is 5.91 Å². The van der Waals surface area contributed by atoms with Gasteiger partial charge in [0, 0.05) is 6.54 Å². The number of carboxylic acids is 1. The first-order valence-corrected chi connectivity index (χ1v) is 5.78. The number of amides is 1. The Hall–Kier alpha value is -1.10. The molecule has 16 heavy (non-hydrogen) atoms. The van der Waals surface area contributed by atoms with Crippen LogP contribution in [0.4, 0.5) is 0 Å². The summed E-state index contributed by atoms with van der Waals surface area (Å²) in [6, 6.07) is -0.508. The van der Waals surface area contributed by atoms with Crippen LogP contribution < -0.4 is 5.32 Å². The van der Waals surface area contributed by atoms with E-state index in [-0.39, 0.29) is 12.5 Å². The second kappa shape index (κ2) is 5.84. The molecule has 1 fully saturated rings. The lowest BCUT2D eigenvalue weighted by molar-refractivity contribution is -0.146. The zero-order valence-electron chi connectivity index (χ0n) is 9.90. The Bertz CT molecular complexity index is 268. The number of nitrogens with zero attached hydrogens (tertiary/aromatic N) is 1. The lowest BCUT2D eigenvalue weighted by Crippen LogP contribution is -2.50. The number of hydrogen-bond acceptors (Lipinski definition) is 3. The highest BCUT2D eigenvalue weighted by Crippen LogP contribution is 2.22. The van der Waals surface area contributed by atoms with Crippen molar-refractivity contribution in [3.63, 3.8) is 0 Å². The van der Waals surface area contributed by atoms with E-state index in [9.17, 15) is 9.59 Å². The number of carbonyl (C=O) groups is 2. The highest BCUT2D eigenvalue weighted by Gasteiger charge is 2.32. The van der Waals surface area contributed by atoms with Gasteiger partial charge in [-0.1, -0.05) is 6.92 Å². The zero-order chi connectivity index (χ0) is 12.1. The number of hydrogen-bond donors (Lipinski definition) is 2. The van der Waals surface area contributed by atoms with Crippen molar-refractivity contribution in [1.82, 2.24) is 10.2 Å². The van der Waals surface area contributed by atoms with Crippen molar-refractivity contribution in [1.29, 1.82) is 0 Å². The molecule has 0 spiro atoms. The summed E-state index contributed by atoms with van der Waals surface area (Å²) in [5.74, 6) is -0.495. The van der Waals surface area contributed by atoms with Gasteiger partial charge in [-0.2, -0.15) is 0 Å². The molecule has 1 aliphatic heterocycles. The molecular weight excluding hydrogens is 208 g/mol. The van der Waals surface area contributed by atoms with E-state index in [0.29, 0.717) is 25.4 Å². The van der Waals surface area contributed by atoms with Crippen molar-refractivity contribution in [3.8, 4) is 0 Å². The van der Waals surface area contributed by atoms with Crippen molar-refractivity contribution in [2.75, 3.05) is 19.6 Å². The van der Waals surface area contributed by atoms with Gasteiger partial charge in [0.05, 0.1) is 6.54 Å².